The van der Waals surface area contributed by atoms with E-state index in [1.807, 2.05) is 6.07 Å². The number of piperazine rings is 1. The number of methoxy groups -OCH3 is 1. The van der Waals surface area contributed by atoms with Crippen LogP contribution in [0.4, 0.5) is 5.69 Å². The fourth-order valence-corrected chi connectivity index (χ4v) is 1.93. The number of phenols is 1. The lowest BCUT2D eigenvalue weighted by atomic mass is 10.2. The van der Waals surface area contributed by atoms with Gasteiger partial charge in [0, 0.05) is 50.1 Å². The van der Waals surface area contributed by atoms with E-state index in [-0.39, 0.29) is 5.75 Å². The SMILES string of the molecule is COc1cc(O)cc(N2CCN(C)CC2)c1. The molecule has 4 heteroatoms. The number of hydrogen-bond donors (Lipinski definition) is 1. The third kappa shape index (κ3) is 2.39. The Morgan fingerprint density at radius 2 is 1.81 bits per heavy atom. The molecule has 0 unspecified atom stereocenters. The summed E-state index contributed by atoms with van der Waals surface area (Å²) in [6, 6.07) is 5.37. The topological polar surface area (TPSA) is 35.9 Å². The second kappa shape index (κ2) is 4.61. The molecule has 0 aliphatic carbocycles. The summed E-state index contributed by atoms with van der Waals surface area (Å²) in [7, 11) is 3.74. The van der Waals surface area contributed by atoms with Crippen molar-refractivity contribution < 1.29 is 9.84 Å². The van der Waals surface area contributed by atoms with Crippen LogP contribution in [0.3, 0.4) is 0 Å². The Morgan fingerprint density at radius 1 is 1.12 bits per heavy atom. The van der Waals surface area contributed by atoms with Crippen molar-refractivity contribution in [1.82, 2.24) is 4.90 Å². The predicted octanol–water partition coefficient (Wildman–Crippen LogP) is 1.15. The molecule has 2 rings (SSSR count). The monoisotopic (exact) mass is 222 g/mol. The normalized spacial score (nSPS) is 17.5. The molecule has 0 aromatic heterocycles. The minimum Gasteiger partial charge on any atom is -0.508 e. The Labute approximate surface area is 96.0 Å². The average Bonchev–Trinajstić information content (AvgIpc) is 2.29. The zero-order chi connectivity index (χ0) is 11.5. The fourth-order valence-electron chi connectivity index (χ4n) is 1.93. The number of rotatable bonds is 2. The summed E-state index contributed by atoms with van der Waals surface area (Å²) >= 11 is 0. The molecule has 1 aliphatic heterocycles. The number of benzene rings is 1. The number of anilines is 1. The standard InChI is InChI=1S/C12H18N2O2/c1-13-3-5-14(6-4-13)10-7-11(15)9-12(8-10)16-2/h7-9,15H,3-6H2,1-2H3. The van der Waals surface area contributed by atoms with Gasteiger partial charge in [-0.15, -0.1) is 0 Å². The van der Waals surface area contributed by atoms with Crippen molar-refractivity contribution >= 4 is 5.69 Å². The molecule has 1 saturated heterocycles. The Balaban J connectivity index is 2.16. The summed E-state index contributed by atoms with van der Waals surface area (Å²) in [5.74, 6) is 0.960. The van der Waals surface area contributed by atoms with Crippen LogP contribution in [-0.4, -0.2) is 50.3 Å². The summed E-state index contributed by atoms with van der Waals surface area (Å²) in [5, 5.41) is 9.59. The Kier molecular flexibility index (Phi) is 3.19. The molecular weight excluding hydrogens is 204 g/mol. The highest BCUT2D eigenvalue weighted by Crippen LogP contribution is 2.28. The first-order chi connectivity index (χ1) is 7.69. The van der Waals surface area contributed by atoms with Gasteiger partial charge in [0.25, 0.3) is 0 Å². The van der Waals surface area contributed by atoms with Gasteiger partial charge in [-0.3, -0.25) is 0 Å². The Hall–Kier alpha value is -1.42. The highest BCUT2D eigenvalue weighted by atomic mass is 16.5. The molecule has 0 radical (unpaired) electrons. The van der Waals surface area contributed by atoms with E-state index in [0.717, 1.165) is 31.9 Å². The maximum Gasteiger partial charge on any atom is 0.124 e. The number of ether oxygens (including phenoxy) is 1. The molecule has 0 atom stereocenters. The molecule has 0 bridgehead atoms. The van der Waals surface area contributed by atoms with Crippen LogP contribution < -0.4 is 9.64 Å². The van der Waals surface area contributed by atoms with Crippen LogP contribution in [0.1, 0.15) is 0 Å². The van der Waals surface area contributed by atoms with Crippen molar-refractivity contribution in [3.8, 4) is 11.5 Å². The Bertz CT molecular complexity index is 360. The fraction of sp³-hybridized carbons (Fsp3) is 0.500. The summed E-state index contributed by atoms with van der Waals surface area (Å²) in [6.45, 7) is 4.09. The minimum absolute atomic E-state index is 0.258. The molecule has 88 valence electrons. The lowest BCUT2D eigenvalue weighted by Crippen LogP contribution is -2.44. The molecule has 1 aliphatic rings. The maximum atomic E-state index is 9.59. The largest absolute Gasteiger partial charge is 0.508 e. The molecule has 0 spiro atoms. The number of likely N-dealkylation sites (N-methyl/N-ethyl adjacent to an activating group) is 1. The number of nitrogens with zero attached hydrogens (tertiary/aromatic N) is 2. The molecule has 1 fully saturated rings. The smallest absolute Gasteiger partial charge is 0.124 e. The van der Waals surface area contributed by atoms with Gasteiger partial charge in [-0.1, -0.05) is 0 Å². The van der Waals surface area contributed by atoms with Gasteiger partial charge in [-0.05, 0) is 7.05 Å². The van der Waals surface area contributed by atoms with Crippen molar-refractivity contribution in [2.45, 2.75) is 0 Å². The molecule has 1 N–H and O–H groups in total. The minimum atomic E-state index is 0.258. The summed E-state index contributed by atoms with van der Waals surface area (Å²) < 4.78 is 5.15. The number of phenolic OH excluding ortho intramolecular Hbond substituents is 1. The predicted molar refractivity (Wildman–Crippen MR) is 64.4 cm³/mol. The van der Waals surface area contributed by atoms with Crippen molar-refractivity contribution in [2.24, 2.45) is 0 Å². The average molecular weight is 222 g/mol. The van der Waals surface area contributed by atoms with Gasteiger partial charge in [-0.25, -0.2) is 0 Å². The second-order valence-corrected chi connectivity index (χ2v) is 4.18. The van der Waals surface area contributed by atoms with Crippen LogP contribution in [0.25, 0.3) is 0 Å². The molecule has 16 heavy (non-hydrogen) atoms. The van der Waals surface area contributed by atoms with E-state index in [9.17, 15) is 5.11 Å². The van der Waals surface area contributed by atoms with Crippen molar-refractivity contribution in [3.05, 3.63) is 18.2 Å². The van der Waals surface area contributed by atoms with Crippen LogP contribution in [0.5, 0.6) is 11.5 Å². The van der Waals surface area contributed by atoms with Crippen molar-refractivity contribution in [1.29, 1.82) is 0 Å². The number of hydrogen-bond acceptors (Lipinski definition) is 4. The molecule has 0 saturated carbocycles. The second-order valence-electron chi connectivity index (χ2n) is 4.18. The molecule has 1 heterocycles. The van der Waals surface area contributed by atoms with E-state index < -0.39 is 0 Å². The van der Waals surface area contributed by atoms with Gasteiger partial charge < -0.3 is 19.6 Å². The van der Waals surface area contributed by atoms with Gasteiger partial charge in [0.1, 0.15) is 11.5 Å². The van der Waals surface area contributed by atoms with E-state index >= 15 is 0 Å². The van der Waals surface area contributed by atoms with E-state index in [1.165, 1.54) is 0 Å². The first-order valence-electron chi connectivity index (χ1n) is 5.50. The van der Waals surface area contributed by atoms with Gasteiger partial charge in [0.15, 0.2) is 0 Å². The van der Waals surface area contributed by atoms with Gasteiger partial charge in [0.2, 0.25) is 0 Å². The lowest BCUT2D eigenvalue weighted by Gasteiger charge is -2.34. The van der Waals surface area contributed by atoms with Crippen LogP contribution in [0.2, 0.25) is 0 Å². The summed E-state index contributed by atoms with van der Waals surface area (Å²) in [4.78, 5) is 4.57. The lowest BCUT2D eigenvalue weighted by molar-refractivity contribution is 0.312. The molecule has 1 aromatic rings. The third-order valence-electron chi connectivity index (χ3n) is 2.98. The molecule has 1 aromatic carbocycles. The van der Waals surface area contributed by atoms with Gasteiger partial charge in [-0.2, -0.15) is 0 Å². The van der Waals surface area contributed by atoms with Gasteiger partial charge >= 0.3 is 0 Å². The zero-order valence-corrected chi connectivity index (χ0v) is 9.81. The first-order valence-corrected chi connectivity index (χ1v) is 5.50. The van der Waals surface area contributed by atoms with Crippen LogP contribution in [0.15, 0.2) is 18.2 Å². The number of aromatic hydroxyl groups is 1. The summed E-state index contributed by atoms with van der Waals surface area (Å²) in [5.41, 5.74) is 1.03. The highest BCUT2D eigenvalue weighted by molar-refractivity contribution is 5.55. The van der Waals surface area contributed by atoms with Gasteiger partial charge in [0.05, 0.1) is 7.11 Å². The highest BCUT2D eigenvalue weighted by Gasteiger charge is 2.15. The first kappa shape index (κ1) is 11.1. The molecule has 0 amide bonds. The van der Waals surface area contributed by atoms with E-state index in [0.29, 0.717) is 5.75 Å². The molecular formula is C12H18N2O2. The maximum absolute atomic E-state index is 9.59. The Morgan fingerprint density at radius 3 is 2.44 bits per heavy atom. The van der Waals surface area contributed by atoms with Crippen molar-refractivity contribution in [2.75, 3.05) is 45.2 Å². The summed E-state index contributed by atoms with van der Waals surface area (Å²) in [6.07, 6.45) is 0. The zero-order valence-electron chi connectivity index (χ0n) is 9.81. The van der Waals surface area contributed by atoms with Crippen LogP contribution >= 0.6 is 0 Å². The van der Waals surface area contributed by atoms with E-state index in [2.05, 4.69) is 16.8 Å². The van der Waals surface area contributed by atoms with E-state index in [4.69, 9.17) is 4.74 Å². The quantitative estimate of drug-likeness (QED) is 0.814. The van der Waals surface area contributed by atoms with Crippen LogP contribution in [-0.2, 0) is 0 Å². The van der Waals surface area contributed by atoms with E-state index in [1.54, 1.807) is 19.2 Å². The van der Waals surface area contributed by atoms with Crippen LogP contribution in [0, 0.1) is 0 Å². The molecule has 4 nitrogen and oxygen atoms in total. The third-order valence-corrected chi connectivity index (χ3v) is 2.98. The van der Waals surface area contributed by atoms with Crippen molar-refractivity contribution in [3.63, 3.8) is 0 Å².